The standard InChI is InChI=1S/C20H28N4OS/c1-14-5-7-15(8-6-14)13-21-17(25)16-9-11-24(12-10-16)19-22-18(23-26-19)20(2,3)4/h5-8,16H,9-13H2,1-4H3,(H,21,25). The number of nitrogens with zero attached hydrogens (tertiary/aromatic N) is 3. The lowest BCUT2D eigenvalue weighted by atomic mass is 9.95. The largest absolute Gasteiger partial charge is 0.352 e. The quantitative estimate of drug-likeness (QED) is 0.889. The zero-order chi connectivity index (χ0) is 18.7. The second-order valence-electron chi connectivity index (χ2n) is 8.12. The van der Waals surface area contributed by atoms with Gasteiger partial charge in [0.05, 0.1) is 0 Å². The normalized spacial score (nSPS) is 15.9. The first-order valence-electron chi connectivity index (χ1n) is 9.25. The van der Waals surface area contributed by atoms with Gasteiger partial charge in [0.2, 0.25) is 11.0 Å². The molecule has 1 aliphatic heterocycles. The van der Waals surface area contributed by atoms with E-state index in [4.69, 9.17) is 4.98 Å². The number of rotatable bonds is 4. The summed E-state index contributed by atoms with van der Waals surface area (Å²) in [5.41, 5.74) is 2.35. The molecule has 1 aliphatic rings. The highest BCUT2D eigenvalue weighted by molar-refractivity contribution is 7.09. The van der Waals surface area contributed by atoms with E-state index >= 15 is 0 Å². The van der Waals surface area contributed by atoms with Crippen molar-refractivity contribution < 1.29 is 4.79 Å². The summed E-state index contributed by atoms with van der Waals surface area (Å²) in [5, 5.41) is 4.06. The Morgan fingerprint density at radius 3 is 2.46 bits per heavy atom. The van der Waals surface area contributed by atoms with Crippen LogP contribution in [0.25, 0.3) is 0 Å². The molecule has 0 bridgehead atoms. The van der Waals surface area contributed by atoms with Crippen molar-refractivity contribution >= 4 is 22.6 Å². The summed E-state index contributed by atoms with van der Waals surface area (Å²) in [6.07, 6.45) is 1.73. The minimum Gasteiger partial charge on any atom is -0.352 e. The molecule has 1 N–H and O–H groups in total. The maximum Gasteiger partial charge on any atom is 0.223 e. The predicted molar refractivity (Wildman–Crippen MR) is 107 cm³/mol. The first-order valence-corrected chi connectivity index (χ1v) is 10.0. The molecule has 1 fully saturated rings. The lowest BCUT2D eigenvalue weighted by molar-refractivity contribution is -0.125. The average molecular weight is 373 g/mol. The smallest absolute Gasteiger partial charge is 0.223 e. The molecule has 2 aromatic rings. The van der Waals surface area contributed by atoms with E-state index in [1.165, 1.54) is 17.1 Å². The summed E-state index contributed by atoms with van der Waals surface area (Å²) >= 11 is 1.47. The lowest BCUT2D eigenvalue weighted by Crippen LogP contribution is -2.40. The van der Waals surface area contributed by atoms with Crippen molar-refractivity contribution in [1.29, 1.82) is 0 Å². The number of hydrogen-bond donors (Lipinski definition) is 1. The van der Waals surface area contributed by atoms with E-state index in [1.807, 2.05) is 0 Å². The number of anilines is 1. The Morgan fingerprint density at radius 2 is 1.88 bits per heavy atom. The van der Waals surface area contributed by atoms with Crippen molar-refractivity contribution in [3.63, 3.8) is 0 Å². The van der Waals surface area contributed by atoms with Gasteiger partial charge in [0.15, 0.2) is 0 Å². The Labute approximate surface area is 160 Å². The molecule has 140 valence electrons. The molecular formula is C20H28N4OS. The van der Waals surface area contributed by atoms with E-state index in [2.05, 4.69) is 66.6 Å². The molecule has 0 unspecified atom stereocenters. The number of aryl methyl sites for hydroxylation is 1. The second kappa shape index (κ2) is 7.74. The van der Waals surface area contributed by atoms with Crippen LogP contribution in [0.4, 0.5) is 5.13 Å². The number of carbonyl (C=O) groups excluding carboxylic acids is 1. The molecule has 1 amide bonds. The number of piperidine rings is 1. The molecular weight excluding hydrogens is 344 g/mol. The van der Waals surface area contributed by atoms with Gasteiger partial charge >= 0.3 is 0 Å². The Hall–Kier alpha value is -1.95. The number of aromatic nitrogens is 2. The molecule has 0 atom stereocenters. The summed E-state index contributed by atoms with van der Waals surface area (Å²) in [4.78, 5) is 19.4. The van der Waals surface area contributed by atoms with Crippen LogP contribution in [0.1, 0.15) is 50.6 Å². The zero-order valence-electron chi connectivity index (χ0n) is 16.1. The number of amides is 1. The highest BCUT2D eigenvalue weighted by Gasteiger charge is 2.27. The Balaban J connectivity index is 1.49. The van der Waals surface area contributed by atoms with Crippen LogP contribution in [-0.2, 0) is 16.8 Å². The number of carbonyl (C=O) groups is 1. The third kappa shape index (κ3) is 4.61. The van der Waals surface area contributed by atoms with Crippen molar-refractivity contribution in [2.75, 3.05) is 18.0 Å². The number of hydrogen-bond acceptors (Lipinski definition) is 5. The molecule has 1 saturated heterocycles. The molecule has 0 saturated carbocycles. The third-order valence-electron chi connectivity index (χ3n) is 4.81. The van der Waals surface area contributed by atoms with Gasteiger partial charge in [-0.3, -0.25) is 4.79 Å². The van der Waals surface area contributed by atoms with Gasteiger partial charge < -0.3 is 10.2 Å². The van der Waals surface area contributed by atoms with Gasteiger partial charge in [0.1, 0.15) is 5.82 Å². The molecule has 3 rings (SSSR count). The average Bonchev–Trinajstić information content (AvgIpc) is 3.12. The van der Waals surface area contributed by atoms with Crippen LogP contribution in [-0.4, -0.2) is 28.4 Å². The number of nitrogens with one attached hydrogen (secondary N) is 1. The summed E-state index contributed by atoms with van der Waals surface area (Å²) in [6.45, 7) is 10.8. The van der Waals surface area contributed by atoms with Gasteiger partial charge in [-0.05, 0) is 25.3 Å². The van der Waals surface area contributed by atoms with Crippen molar-refractivity contribution in [2.24, 2.45) is 5.92 Å². The molecule has 0 aliphatic carbocycles. The SMILES string of the molecule is Cc1ccc(CNC(=O)C2CCN(c3nc(C(C)(C)C)ns3)CC2)cc1. The highest BCUT2D eigenvalue weighted by Crippen LogP contribution is 2.28. The molecule has 0 radical (unpaired) electrons. The van der Waals surface area contributed by atoms with E-state index in [1.54, 1.807) is 0 Å². The van der Waals surface area contributed by atoms with Crippen molar-refractivity contribution in [2.45, 2.75) is 52.5 Å². The maximum atomic E-state index is 12.5. The third-order valence-corrected chi connectivity index (χ3v) is 5.59. The Kier molecular flexibility index (Phi) is 5.61. The molecule has 1 aromatic carbocycles. The van der Waals surface area contributed by atoms with E-state index in [-0.39, 0.29) is 17.2 Å². The first kappa shape index (κ1) is 18.8. The van der Waals surface area contributed by atoms with Gasteiger partial charge in [-0.1, -0.05) is 50.6 Å². The molecule has 26 heavy (non-hydrogen) atoms. The Bertz CT molecular complexity index is 740. The van der Waals surface area contributed by atoms with Crippen LogP contribution in [0.2, 0.25) is 0 Å². The summed E-state index contributed by atoms with van der Waals surface area (Å²) in [6, 6.07) is 8.29. The molecule has 6 heteroatoms. The Morgan fingerprint density at radius 1 is 1.23 bits per heavy atom. The van der Waals surface area contributed by atoms with Crippen LogP contribution >= 0.6 is 11.5 Å². The lowest BCUT2D eigenvalue weighted by Gasteiger charge is -2.30. The number of benzene rings is 1. The topological polar surface area (TPSA) is 58.1 Å². The molecule has 1 aromatic heterocycles. The van der Waals surface area contributed by atoms with Crippen LogP contribution in [0.15, 0.2) is 24.3 Å². The minimum absolute atomic E-state index is 0.0249. The predicted octanol–water partition coefficient (Wildman–Crippen LogP) is 3.68. The van der Waals surface area contributed by atoms with E-state index in [9.17, 15) is 4.79 Å². The summed E-state index contributed by atoms with van der Waals surface area (Å²) in [5.74, 6) is 1.15. The van der Waals surface area contributed by atoms with Gasteiger partial charge in [-0.15, -0.1) is 0 Å². The molecule has 0 spiro atoms. The summed E-state index contributed by atoms with van der Waals surface area (Å²) < 4.78 is 4.50. The molecule has 5 nitrogen and oxygen atoms in total. The maximum absolute atomic E-state index is 12.5. The fourth-order valence-electron chi connectivity index (χ4n) is 3.02. The fraction of sp³-hybridized carbons (Fsp3) is 0.550. The first-order chi connectivity index (χ1) is 12.3. The minimum atomic E-state index is -0.0249. The molecule has 2 heterocycles. The highest BCUT2D eigenvalue weighted by atomic mass is 32.1. The van der Waals surface area contributed by atoms with E-state index < -0.39 is 0 Å². The van der Waals surface area contributed by atoms with Gasteiger partial charge in [-0.25, -0.2) is 4.98 Å². The van der Waals surface area contributed by atoms with Crippen LogP contribution < -0.4 is 10.2 Å². The summed E-state index contributed by atoms with van der Waals surface area (Å²) in [7, 11) is 0. The zero-order valence-corrected chi connectivity index (χ0v) is 16.9. The van der Waals surface area contributed by atoms with E-state index in [0.29, 0.717) is 6.54 Å². The van der Waals surface area contributed by atoms with Gasteiger partial charge in [0, 0.05) is 42.5 Å². The van der Waals surface area contributed by atoms with E-state index in [0.717, 1.165) is 42.5 Å². The monoisotopic (exact) mass is 372 g/mol. The van der Waals surface area contributed by atoms with Gasteiger partial charge in [0.25, 0.3) is 0 Å². The van der Waals surface area contributed by atoms with Gasteiger partial charge in [-0.2, -0.15) is 4.37 Å². The van der Waals surface area contributed by atoms with Crippen LogP contribution in [0, 0.1) is 12.8 Å². The van der Waals surface area contributed by atoms with Crippen molar-refractivity contribution in [3.8, 4) is 0 Å². The van der Waals surface area contributed by atoms with Crippen LogP contribution in [0.3, 0.4) is 0 Å². The van der Waals surface area contributed by atoms with Crippen molar-refractivity contribution in [3.05, 3.63) is 41.2 Å². The fourth-order valence-corrected chi connectivity index (χ4v) is 3.93. The second-order valence-corrected chi connectivity index (χ2v) is 8.85. The van der Waals surface area contributed by atoms with Crippen LogP contribution in [0.5, 0.6) is 0 Å². The van der Waals surface area contributed by atoms with Crippen molar-refractivity contribution in [1.82, 2.24) is 14.7 Å².